The molecule has 0 unspecified atom stereocenters. The molecule has 0 aliphatic carbocycles. The van der Waals surface area contributed by atoms with Gasteiger partial charge in [0, 0.05) is 30.1 Å². The number of ketones is 1. The van der Waals surface area contributed by atoms with Crippen molar-refractivity contribution < 1.29 is 14.7 Å². The molecule has 1 aromatic carbocycles. The van der Waals surface area contributed by atoms with Crippen LogP contribution in [-0.2, 0) is 11.3 Å². The fourth-order valence-corrected chi connectivity index (χ4v) is 2.46. The molecule has 1 aromatic heterocycles. The topological polar surface area (TPSA) is 59.3 Å². The Morgan fingerprint density at radius 1 is 1.37 bits per heavy atom. The molecule has 0 radical (unpaired) electrons. The quantitative estimate of drug-likeness (QED) is 0.854. The number of rotatable bonds is 5. The van der Waals surface area contributed by atoms with Gasteiger partial charge in [0.15, 0.2) is 5.78 Å². The Labute approximate surface area is 115 Å². The summed E-state index contributed by atoms with van der Waals surface area (Å²) in [5.41, 5.74) is 1.41. The number of hydrogen-bond acceptors (Lipinski definition) is 2. The van der Waals surface area contributed by atoms with E-state index in [1.165, 1.54) is 6.92 Å². The minimum Gasteiger partial charge on any atom is -0.481 e. The number of fused-ring (bicyclic) bond motifs is 1. The molecule has 100 valence electrons. The third-order valence-electron chi connectivity index (χ3n) is 3.02. The van der Waals surface area contributed by atoms with E-state index >= 15 is 0 Å². The molecule has 1 heterocycles. The lowest BCUT2D eigenvalue weighted by atomic mass is 10.1. The number of aromatic nitrogens is 1. The van der Waals surface area contributed by atoms with Gasteiger partial charge in [-0.25, -0.2) is 0 Å². The Morgan fingerprint density at radius 2 is 2.11 bits per heavy atom. The number of carboxylic acid groups (broad SMARTS) is 1. The van der Waals surface area contributed by atoms with Gasteiger partial charge in [-0.05, 0) is 19.4 Å². The summed E-state index contributed by atoms with van der Waals surface area (Å²) in [5, 5.41) is 10.0. The van der Waals surface area contributed by atoms with Crippen LogP contribution in [0.3, 0.4) is 0 Å². The number of para-hydroxylation sites is 1. The molecule has 0 spiro atoms. The van der Waals surface area contributed by atoms with E-state index in [0.29, 0.717) is 23.6 Å². The highest BCUT2D eigenvalue weighted by atomic mass is 35.5. The molecule has 0 saturated carbocycles. The monoisotopic (exact) mass is 279 g/mol. The van der Waals surface area contributed by atoms with Crippen molar-refractivity contribution in [3.05, 3.63) is 35.0 Å². The van der Waals surface area contributed by atoms with E-state index in [2.05, 4.69) is 0 Å². The Bertz CT molecular complexity index is 645. The molecule has 0 atom stereocenters. The standard InChI is InChI=1S/C14H14ClNO3/c1-9(17)11-8-16(7-3-6-13(18)19)14-10(11)4-2-5-12(14)15/h2,4-5,8H,3,6-7H2,1H3,(H,18,19). The second-order valence-electron chi connectivity index (χ2n) is 4.43. The van der Waals surface area contributed by atoms with Gasteiger partial charge in [-0.3, -0.25) is 9.59 Å². The van der Waals surface area contributed by atoms with Gasteiger partial charge in [-0.15, -0.1) is 0 Å². The van der Waals surface area contributed by atoms with Crippen LogP contribution in [0.4, 0.5) is 0 Å². The molecule has 2 aromatic rings. The number of Topliss-reactive ketones (excluding diaryl/α,β-unsaturated/α-hetero) is 1. The van der Waals surface area contributed by atoms with Crippen LogP contribution in [0.5, 0.6) is 0 Å². The normalized spacial score (nSPS) is 10.8. The lowest BCUT2D eigenvalue weighted by Gasteiger charge is -2.05. The Hall–Kier alpha value is -1.81. The maximum atomic E-state index is 11.6. The van der Waals surface area contributed by atoms with Gasteiger partial charge >= 0.3 is 5.97 Å². The van der Waals surface area contributed by atoms with Crippen molar-refractivity contribution in [2.24, 2.45) is 0 Å². The largest absolute Gasteiger partial charge is 0.481 e. The number of benzene rings is 1. The van der Waals surface area contributed by atoms with Crippen LogP contribution in [0.25, 0.3) is 10.9 Å². The zero-order valence-electron chi connectivity index (χ0n) is 10.5. The average Bonchev–Trinajstić information content (AvgIpc) is 2.69. The van der Waals surface area contributed by atoms with Crippen molar-refractivity contribution in [3.63, 3.8) is 0 Å². The molecule has 5 heteroatoms. The molecule has 0 fully saturated rings. The first-order valence-electron chi connectivity index (χ1n) is 6.01. The summed E-state index contributed by atoms with van der Waals surface area (Å²) in [5.74, 6) is -0.849. The zero-order chi connectivity index (χ0) is 14.0. The van der Waals surface area contributed by atoms with Crippen LogP contribution >= 0.6 is 11.6 Å². The first kappa shape index (κ1) is 13.6. The highest BCUT2D eigenvalue weighted by Crippen LogP contribution is 2.28. The number of hydrogen-bond donors (Lipinski definition) is 1. The van der Waals surface area contributed by atoms with E-state index in [1.807, 2.05) is 10.6 Å². The van der Waals surface area contributed by atoms with Gasteiger partial charge in [0.25, 0.3) is 0 Å². The summed E-state index contributed by atoms with van der Waals surface area (Å²) in [6.07, 6.45) is 2.35. The first-order valence-corrected chi connectivity index (χ1v) is 6.38. The van der Waals surface area contributed by atoms with Crippen LogP contribution in [0.15, 0.2) is 24.4 Å². The molecule has 4 nitrogen and oxygen atoms in total. The van der Waals surface area contributed by atoms with E-state index in [0.717, 1.165) is 10.9 Å². The van der Waals surface area contributed by atoms with Gasteiger partial charge in [0.1, 0.15) is 0 Å². The third kappa shape index (κ3) is 2.79. The molecule has 0 aliphatic heterocycles. The van der Waals surface area contributed by atoms with Crippen molar-refractivity contribution in [2.45, 2.75) is 26.3 Å². The molecule has 0 saturated heterocycles. The Balaban J connectivity index is 2.43. The summed E-state index contributed by atoms with van der Waals surface area (Å²) in [6, 6.07) is 5.42. The first-order chi connectivity index (χ1) is 9.00. The number of carbonyl (C=O) groups excluding carboxylic acids is 1. The lowest BCUT2D eigenvalue weighted by molar-refractivity contribution is -0.137. The summed E-state index contributed by atoms with van der Waals surface area (Å²) >= 11 is 6.17. The second kappa shape index (κ2) is 5.45. The zero-order valence-corrected chi connectivity index (χ0v) is 11.3. The van der Waals surface area contributed by atoms with Gasteiger partial charge in [0.05, 0.1) is 10.5 Å². The van der Waals surface area contributed by atoms with Gasteiger partial charge in [0.2, 0.25) is 0 Å². The van der Waals surface area contributed by atoms with Crippen LogP contribution in [-0.4, -0.2) is 21.4 Å². The summed E-state index contributed by atoms with van der Waals surface area (Å²) in [6.45, 7) is 2.04. The van der Waals surface area contributed by atoms with Crippen LogP contribution in [0, 0.1) is 0 Å². The van der Waals surface area contributed by atoms with E-state index in [9.17, 15) is 9.59 Å². The highest BCUT2D eigenvalue weighted by Gasteiger charge is 2.14. The van der Waals surface area contributed by atoms with Crippen molar-refractivity contribution in [1.29, 1.82) is 0 Å². The van der Waals surface area contributed by atoms with Crippen molar-refractivity contribution in [2.75, 3.05) is 0 Å². The molecular weight excluding hydrogens is 266 g/mol. The maximum absolute atomic E-state index is 11.6. The van der Waals surface area contributed by atoms with E-state index in [4.69, 9.17) is 16.7 Å². The molecular formula is C14H14ClNO3. The number of carboxylic acids is 1. The summed E-state index contributed by atoms with van der Waals surface area (Å²) in [7, 11) is 0. The molecule has 19 heavy (non-hydrogen) atoms. The minimum absolute atomic E-state index is 0.0238. The summed E-state index contributed by atoms with van der Waals surface area (Å²) in [4.78, 5) is 22.2. The fraction of sp³-hybridized carbons (Fsp3) is 0.286. The number of aliphatic carboxylic acids is 1. The number of aryl methyl sites for hydroxylation is 1. The smallest absolute Gasteiger partial charge is 0.303 e. The van der Waals surface area contributed by atoms with Gasteiger partial charge in [-0.1, -0.05) is 23.7 Å². The number of nitrogens with zero attached hydrogens (tertiary/aromatic N) is 1. The van der Waals surface area contributed by atoms with Crippen LogP contribution < -0.4 is 0 Å². The molecule has 0 bridgehead atoms. The minimum atomic E-state index is -0.825. The van der Waals surface area contributed by atoms with Gasteiger partial charge in [-0.2, -0.15) is 0 Å². The van der Waals surface area contributed by atoms with Crippen molar-refractivity contribution in [3.8, 4) is 0 Å². The fourth-order valence-electron chi connectivity index (χ4n) is 2.17. The van der Waals surface area contributed by atoms with E-state index in [-0.39, 0.29) is 12.2 Å². The predicted molar refractivity (Wildman–Crippen MR) is 73.8 cm³/mol. The maximum Gasteiger partial charge on any atom is 0.303 e. The highest BCUT2D eigenvalue weighted by molar-refractivity contribution is 6.35. The van der Waals surface area contributed by atoms with Crippen LogP contribution in [0.1, 0.15) is 30.1 Å². The molecule has 2 rings (SSSR count). The van der Waals surface area contributed by atoms with Crippen LogP contribution in [0.2, 0.25) is 5.02 Å². The number of halogens is 1. The lowest BCUT2D eigenvalue weighted by Crippen LogP contribution is -2.01. The SMILES string of the molecule is CC(=O)c1cn(CCCC(=O)O)c2c(Cl)cccc12. The van der Waals surface area contributed by atoms with E-state index in [1.54, 1.807) is 18.3 Å². The predicted octanol–water partition coefficient (Wildman–Crippen LogP) is 3.36. The summed E-state index contributed by atoms with van der Waals surface area (Å²) < 4.78 is 1.86. The van der Waals surface area contributed by atoms with Crippen molar-refractivity contribution in [1.82, 2.24) is 4.57 Å². The molecule has 1 N–H and O–H groups in total. The molecule has 0 amide bonds. The Morgan fingerprint density at radius 3 is 2.74 bits per heavy atom. The van der Waals surface area contributed by atoms with E-state index < -0.39 is 5.97 Å². The third-order valence-corrected chi connectivity index (χ3v) is 3.32. The second-order valence-corrected chi connectivity index (χ2v) is 4.83. The molecule has 0 aliphatic rings. The van der Waals surface area contributed by atoms with Crippen molar-refractivity contribution >= 4 is 34.3 Å². The Kier molecular flexibility index (Phi) is 3.90. The number of carbonyl (C=O) groups is 2. The van der Waals surface area contributed by atoms with Gasteiger partial charge < -0.3 is 9.67 Å². The average molecular weight is 280 g/mol.